The molecule has 0 bridgehead atoms. The zero-order chi connectivity index (χ0) is 24.7. The molecule has 0 amide bonds. The molecule has 6 nitrogen and oxygen atoms in total. The van der Waals surface area contributed by atoms with Gasteiger partial charge < -0.3 is 9.59 Å². The standard InChI is InChI=1S/C17H29F7N2O4S/c1-15(18,17(22,23)24)11-13(16(19,20)21)7-4-5-10-31(29,30)25-8-6-9-26(2,3)12-14(27)28/h13,25H,4-12H2,1-3H3/p+1. The monoisotopic (exact) mass is 491 g/mol. The van der Waals surface area contributed by atoms with Crippen molar-refractivity contribution in [2.45, 2.75) is 57.0 Å². The van der Waals surface area contributed by atoms with Gasteiger partial charge >= 0.3 is 18.3 Å². The Morgan fingerprint density at radius 2 is 1.58 bits per heavy atom. The first kappa shape index (κ1) is 29.9. The zero-order valence-corrected chi connectivity index (χ0v) is 18.4. The van der Waals surface area contributed by atoms with Crippen molar-refractivity contribution in [1.29, 1.82) is 0 Å². The third kappa shape index (κ3) is 12.5. The van der Waals surface area contributed by atoms with Gasteiger partial charge in [-0.05, 0) is 19.8 Å². The Kier molecular flexibility index (Phi) is 10.7. The number of alkyl halides is 7. The molecular formula is C17H30F7N2O4S+. The Morgan fingerprint density at radius 1 is 1.03 bits per heavy atom. The van der Waals surface area contributed by atoms with E-state index in [1.165, 1.54) is 0 Å². The summed E-state index contributed by atoms with van der Waals surface area (Å²) in [6.07, 6.45) is -13.4. The molecule has 0 saturated heterocycles. The molecule has 31 heavy (non-hydrogen) atoms. The van der Waals surface area contributed by atoms with Gasteiger partial charge in [0.05, 0.1) is 32.3 Å². The van der Waals surface area contributed by atoms with Crippen molar-refractivity contribution in [2.24, 2.45) is 5.92 Å². The molecule has 2 N–H and O–H groups in total. The van der Waals surface area contributed by atoms with Gasteiger partial charge in [-0.1, -0.05) is 6.42 Å². The van der Waals surface area contributed by atoms with Crippen molar-refractivity contribution in [3.63, 3.8) is 0 Å². The number of carbonyl (C=O) groups is 1. The van der Waals surface area contributed by atoms with Crippen molar-refractivity contribution in [1.82, 2.24) is 4.72 Å². The van der Waals surface area contributed by atoms with E-state index in [0.717, 1.165) is 0 Å². The fourth-order valence-corrected chi connectivity index (χ4v) is 4.08. The molecule has 14 heteroatoms. The van der Waals surface area contributed by atoms with Crippen LogP contribution in [0.1, 0.15) is 39.0 Å². The molecule has 2 atom stereocenters. The van der Waals surface area contributed by atoms with Crippen LogP contribution in [0.5, 0.6) is 0 Å². The molecule has 0 aliphatic heterocycles. The number of likely N-dealkylation sites (N-methyl/N-ethyl adjacent to an activating group) is 1. The van der Waals surface area contributed by atoms with Gasteiger partial charge in [-0.3, -0.25) is 0 Å². The molecule has 0 saturated carbocycles. The Bertz CT molecular complexity index is 677. The number of quaternary nitrogens is 1. The largest absolute Gasteiger partial charge is 0.477 e. The number of sulfonamides is 1. The molecule has 0 fully saturated rings. The summed E-state index contributed by atoms with van der Waals surface area (Å²) in [6, 6.07) is 0. The van der Waals surface area contributed by atoms with Gasteiger partial charge in [0, 0.05) is 19.4 Å². The van der Waals surface area contributed by atoms with Crippen molar-refractivity contribution in [3.8, 4) is 0 Å². The van der Waals surface area contributed by atoms with Gasteiger partial charge in [0.25, 0.3) is 0 Å². The quantitative estimate of drug-likeness (QED) is 0.221. The molecular weight excluding hydrogens is 461 g/mol. The van der Waals surface area contributed by atoms with Crippen molar-refractivity contribution in [3.05, 3.63) is 0 Å². The number of nitrogens with zero attached hydrogens (tertiary/aromatic N) is 1. The van der Waals surface area contributed by atoms with E-state index in [1.54, 1.807) is 14.1 Å². The number of halogens is 7. The fraction of sp³-hybridized carbons (Fsp3) is 0.941. The maximum absolute atomic E-state index is 13.6. The normalized spacial score (nSPS) is 16.7. The molecule has 0 aliphatic rings. The number of carboxylic acid groups (broad SMARTS) is 1. The summed E-state index contributed by atoms with van der Waals surface area (Å²) in [7, 11) is -0.515. The summed E-state index contributed by atoms with van der Waals surface area (Å²) in [5.41, 5.74) is -4.01. The SMILES string of the molecule is CC(F)(CC(CCCCS(=O)(=O)NCCC[N+](C)(C)CC(=O)O)C(F)(F)F)C(F)(F)F. The average Bonchev–Trinajstić information content (AvgIpc) is 2.51. The fourth-order valence-electron chi connectivity index (χ4n) is 2.89. The summed E-state index contributed by atoms with van der Waals surface area (Å²) in [5.74, 6) is -4.09. The predicted octanol–water partition coefficient (Wildman–Crippen LogP) is 3.49. The lowest BCUT2D eigenvalue weighted by atomic mass is 9.88. The molecule has 0 radical (unpaired) electrons. The minimum absolute atomic E-state index is 0.000592. The van der Waals surface area contributed by atoms with Gasteiger partial charge in [-0.25, -0.2) is 22.3 Å². The molecule has 0 aromatic rings. The van der Waals surface area contributed by atoms with Crippen LogP contribution in [-0.2, 0) is 14.8 Å². The first-order valence-corrected chi connectivity index (χ1v) is 11.2. The maximum Gasteiger partial charge on any atom is 0.422 e. The molecule has 0 aliphatic carbocycles. The second kappa shape index (κ2) is 11.1. The Hall–Kier alpha value is -1.15. The van der Waals surface area contributed by atoms with Crippen LogP contribution >= 0.6 is 0 Å². The van der Waals surface area contributed by atoms with E-state index in [-0.39, 0.29) is 37.3 Å². The van der Waals surface area contributed by atoms with Gasteiger partial charge in [0.1, 0.15) is 0 Å². The third-order valence-electron chi connectivity index (χ3n) is 4.72. The first-order valence-electron chi connectivity index (χ1n) is 9.52. The van der Waals surface area contributed by atoms with E-state index in [1.807, 2.05) is 0 Å². The van der Waals surface area contributed by atoms with Crippen LogP contribution in [0.4, 0.5) is 30.7 Å². The summed E-state index contributed by atoms with van der Waals surface area (Å²) in [5, 5.41) is 8.77. The topological polar surface area (TPSA) is 83.5 Å². The number of rotatable bonds is 14. The van der Waals surface area contributed by atoms with Crippen LogP contribution in [0, 0.1) is 5.92 Å². The second-order valence-electron chi connectivity index (χ2n) is 8.41. The smallest absolute Gasteiger partial charge is 0.422 e. The number of hydrogen-bond donors (Lipinski definition) is 2. The van der Waals surface area contributed by atoms with Crippen LogP contribution in [0.3, 0.4) is 0 Å². The lowest BCUT2D eigenvalue weighted by molar-refractivity contribution is -0.883. The highest BCUT2D eigenvalue weighted by atomic mass is 32.2. The second-order valence-corrected chi connectivity index (χ2v) is 10.3. The molecule has 2 unspecified atom stereocenters. The van der Waals surface area contributed by atoms with Crippen molar-refractivity contribution >= 4 is 16.0 Å². The highest BCUT2D eigenvalue weighted by Gasteiger charge is 2.56. The lowest BCUT2D eigenvalue weighted by Crippen LogP contribution is -2.45. The van der Waals surface area contributed by atoms with E-state index in [4.69, 9.17) is 5.11 Å². The van der Waals surface area contributed by atoms with Crippen molar-refractivity contribution in [2.75, 3.05) is 39.5 Å². The Balaban J connectivity index is 4.52. The predicted molar refractivity (Wildman–Crippen MR) is 99.5 cm³/mol. The zero-order valence-electron chi connectivity index (χ0n) is 17.6. The van der Waals surface area contributed by atoms with Crippen molar-refractivity contribution < 1.29 is 53.5 Å². The van der Waals surface area contributed by atoms with Crippen LogP contribution in [-0.4, -0.2) is 81.5 Å². The average molecular weight is 491 g/mol. The first-order chi connectivity index (χ1) is 13.7. The number of hydrogen-bond acceptors (Lipinski definition) is 3. The summed E-state index contributed by atoms with van der Waals surface area (Å²) in [4.78, 5) is 10.7. The third-order valence-corrected chi connectivity index (χ3v) is 6.19. The molecule has 0 heterocycles. The van der Waals surface area contributed by atoms with E-state index in [9.17, 15) is 43.9 Å². The van der Waals surface area contributed by atoms with E-state index in [2.05, 4.69) is 4.72 Å². The van der Waals surface area contributed by atoms with E-state index >= 15 is 0 Å². The molecule has 0 aromatic heterocycles. The van der Waals surface area contributed by atoms with Crippen LogP contribution < -0.4 is 4.72 Å². The maximum atomic E-state index is 13.6. The molecule has 0 spiro atoms. The lowest BCUT2D eigenvalue weighted by Gasteiger charge is -2.29. The van der Waals surface area contributed by atoms with Crippen LogP contribution in [0.2, 0.25) is 0 Å². The summed E-state index contributed by atoms with van der Waals surface area (Å²) in [6.45, 7) is 0.264. The minimum Gasteiger partial charge on any atom is -0.477 e. The van der Waals surface area contributed by atoms with Crippen LogP contribution in [0.15, 0.2) is 0 Å². The number of carboxylic acids is 1. The molecule has 186 valence electrons. The number of aliphatic carboxylic acids is 1. The van der Waals surface area contributed by atoms with Gasteiger partial charge in [-0.15, -0.1) is 0 Å². The number of unbranched alkanes of at least 4 members (excludes halogenated alkanes) is 1. The summed E-state index contributed by atoms with van der Waals surface area (Å²) < 4.78 is 116. The van der Waals surface area contributed by atoms with Gasteiger partial charge in [0.2, 0.25) is 15.7 Å². The van der Waals surface area contributed by atoms with E-state index in [0.29, 0.717) is 13.0 Å². The highest BCUT2D eigenvalue weighted by Crippen LogP contribution is 2.44. The van der Waals surface area contributed by atoms with E-state index < -0.39 is 58.5 Å². The summed E-state index contributed by atoms with van der Waals surface area (Å²) >= 11 is 0. The molecule has 0 aromatic carbocycles. The highest BCUT2D eigenvalue weighted by molar-refractivity contribution is 7.89. The van der Waals surface area contributed by atoms with Gasteiger partial charge in [0.15, 0.2) is 6.54 Å². The Labute approximate surface area is 177 Å². The van der Waals surface area contributed by atoms with Crippen LogP contribution in [0.25, 0.3) is 0 Å². The Morgan fingerprint density at radius 3 is 2.03 bits per heavy atom. The number of nitrogens with one attached hydrogen (secondary N) is 1. The minimum atomic E-state index is -5.44. The van der Waals surface area contributed by atoms with Gasteiger partial charge in [-0.2, -0.15) is 26.3 Å². The molecule has 0 rings (SSSR count).